The van der Waals surface area contributed by atoms with E-state index in [9.17, 15) is 14.7 Å². The molecule has 3 atom stereocenters. The van der Waals surface area contributed by atoms with Gasteiger partial charge < -0.3 is 15.2 Å². The van der Waals surface area contributed by atoms with E-state index in [1.54, 1.807) is 0 Å². The van der Waals surface area contributed by atoms with Gasteiger partial charge in [-0.1, -0.05) is 55.0 Å². The molecule has 3 aromatic rings. The second-order valence-corrected chi connectivity index (χ2v) is 9.70. The molecule has 0 spiro atoms. The third-order valence-corrected chi connectivity index (χ3v) is 7.77. The van der Waals surface area contributed by atoms with Crippen molar-refractivity contribution in [3.8, 4) is 0 Å². The summed E-state index contributed by atoms with van der Waals surface area (Å²) in [6.07, 6.45) is 2.49. The van der Waals surface area contributed by atoms with Gasteiger partial charge in [0.15, 0.2) is 5.69 Å². The first-order chi connectivity index (χ1) is 16.6. The van der Waals surface area contributed by atoms with Crippen LogP contribution >= 0.6 is 11.3 Å². The Labute approximate surface area is 202 Å². The standard InChI is InChI=1S/C26H27N3O4S/c1-2-27-24-22(25(30)31)28-23(34-24)21-17-11-6-7-13-19(17)29(20-14-8-12-18(20)21)26(32)33-15-16-9-4-3-5-10-16/h3-7,9-11,13,18,20-21,27H,2,8,12,14-15H2,1H3,(H,30,31). The number of anilines is 2. The summed E-state index contributed by atoms with van der Waals surface area (Å²) in [7, 11) is 0. The Kier molecular flexibility index (Phi) is 6.24. The number of hydrogen-bond donors (Lipinski definition) is 2. The highest BCUT2D eigenvalue weighted by molar-refractivity contribution is 7.16. The van der Waals surface area contributed by atoms with Gasteiger partial charge >= 0.3 is 12.1 Å². The van der Waals surface area contributed by atoms with Crippen molar-refractivity contribution in [2.24, 2.45) is 5.92 Å². The molecule has 1 amide bonds. The third kappa shape index (κ3) is 4.03. The van der Waals surface area contributed by atoms with Crippen molar-refractivity contribution < 1.29 is 19.4 Å². The predicted octanol–water partition coefficient (Wildman–Crippen LogP) is 5.73. The van der Waals surface area contributed by atoms with Gasteiger partial charge in [0, 0.05) is 18.5 Å². The van der Waals surface area contributed by atoms with E-state index in [1.807, 2.05) is 66.4 Å². The van der Waals surface area contributed by atoms with Crippen LogP contribution in [0.1, 0.15) is 58.7 Å². The highest BCUT2D eigenvalue weighted by Gasteiger charge is 2.48. The molecular weight excluding hydrogens is 450 g/mol. The van der Waals surface area contributed by atoms with Gasteiger partial charge in [-0.15, -0.1) is 11.3 Å². The second kappa shape index (κ2) is 9.46. The predicted molar refractivity (Wildman–Crippen MR) is 132 cm³/mol. The summed E-state index contributed by atoms with van der Waals surface area (Å²) in [6, 6.07) is 17.5. The lowest BCUT2D eigenvalue weighted by atomic mass is 9.78. The van der Waals surface area contributed by atoms with Crippen LogP contribution in [0.25, 0.3) is 0 Å². The van der Waals surface area contributed by atoms with Crippen molar-refractivity contribution in [2.45, 2.75) is 44.8 Å². The molecule has 1 fully saturated rings. The Morgan fingerprint density at radius 3 is 2.68 bits per heavy atom. The Hall–Kier alpha value is -3.39. The summed E-state index contributed by atoms with van der Waals surface area (Å²) in [5.41, 5.74) is 2.84. The number of nitrogens with zero attached hydrogens (tertiary/aromatic N) is 2. The number of amides is 1. The summed E-state index contributed by atoms with van der Waals surface area (Å²) in [4.78, 5) is 31.6. The van der Waals surface area contributed by atoms with Crippen molar-refractivity contribution in [1.82, 2.24) is 4.98 Å². The minimum atomic E-state index is -1.03. The molecule has 5 rings (SSSR count). The quantitative estimate of drug-likeness (QED) is 0.471. The lowest BCUT2D eigenvalue weighted by molar-refractivity contribution is 0.0692. The van der Waals surface area contributed by atoms with E-state index in [-0.39, 0.29) is 36.3 Å². The Morgan fingerprint density at radius 1 is 1.15 bits per heavy atom. The van der Waals surface area contributed by atoms with E-state index in [1.165, 1.54) is 11.3 Å². The van der Waals surface area contributed by atoms with Crippen LogP contribution in [-0.4, -0.2) is 34.7 Å². The van der Waals surface area contributed by atoms with E-state index in [0.717, 1.165) is 41.1 Å². The molecule has 1 aromatic heterocycles. The minimum Gasteiger partial charge on any atom is -0.476 e. The zero-order chi connectivity index (χ0) is 23.7. The Bertz CT molecular complexity index is 1200. The summed E-state index contributed by atoms with van der Waals surface area (Å²) in [5, 5.41) is 14.2. The third-order valence-electron chi connectivity index (χ3n) is 6.67. The molecule has 2 aliphatic rings. The number of thiazole rings is 1. The number of aromatic carboxylic acids is 1. The summed E-state index contributed by atoms with van der Waals surface area (Å²) in [6.45, 7) is 2.78. The fraction of sp³-hybridized carbons (Fsp3) is 0.346. The van der Waals surface area contributed by atoms with Gasteiger partial charge in [-0.3, -0.25) is 4.90 Å². The van der Waals surface area contributed by atoms with Crippen LogP contribution in [0.3, 0.4) is 0 Å². The summed E-state index contributed by atoms with van der Waals surface area (Å²) < 4.78 is 5.75. The van der Waals surface area contributed by atoms with Gasteiger partial charge in [0.1, 0.15) is 16.6 Å². The van der Waals surface area contributed by atoms with Crippen LogP contribution in [0.2, 0.25) is 0 Å². The minimum absolute atomic E-state index is 0.0112. The maximum absolute atomic E-state index is 13.4. The first-order valence-corrected chi connectivity index (χ1v) is 12.5. The maximum atomic E-state index is 13.4. The van der Waals surface area contributed by atoms with Crippen LogP contribution in [0.15, 0.2) is 54.6 Å². The number of fused-ring (bicyclic) bond motifs is 2. The van der Waals surface area contributed by atoms with Crippen molar-refractivity contribution in [2.75, 3.05) is 16.8 Å². The fourth-order valence-electron chi connectivity index (χ4n) is 5.29. The Balaban J connectivity index is 1.51. The van der Waals surface area contributed by atoms with E-state index in [2.05, 4.69) is 10.3 Å². The molecule has 2 aromatic carbocycles. The smallest absolute Gasteiger partial charge is 0.414 e. The molecule has 8 heteroatoms. The number of ether oxygens (including phenoxy) is 1. The van der Waals surface area contributed by atoms with Gasteiger partial charge in [-0.25, -0.2) is 14.6 Å². The molecule has 1 aliphatic carbocycles. The normalized spacial score (nSPS) is 21.0. The number of carbonyl (C=O) groups is 2. The molecule has 3 unspecified atom stereocenters. The number of para-hydroxylation sites is 1. The van der Waals surface area contributed by atoms with Gasteiger partial charge in [0.2, 0.25) is 0 Å². The molecule has 7 nitrogen and oxygen atoms in total. The number of hydrogen-bond acceptors (Lipinski definition) is 6. The summed E-state index contributed by atoms with van der Waals surface area (Å²) >= 11 is 1.41. The molecule has 176 valence electrons. The average Bonchev–Trinajstić information content (AvgIpc) is 3.49. The first-order valence-electron chi connectivity index (χ1n) is 11.6. The highest BCUT2D eigenvalue weighted by Crippen LogP contribution is 2.52. The fourth-order valence-corrected chi connectivity index (χ4v) is 6.51. The lowest BCUT2D eigenvalue weighted by Crippen LogP contribution is -2.48. The average molecular weight is 478 g/mol. The monoisotopic (exact) mass is 477 g/mol. The molecule has 34 heavy (non-hydrogen) atoms. The van der Waals surface area contributed by atoms with E-state index in [0.29, 0.717) is 11.5 Å². The second-order valence-electron chi connectivity index (χ2n) is 8.67. The van der Waals surface area contributed by atoms with E-state index < -0.39 is 5.97 Å². The van der Waals surface area contributed by atoms with Gasteiger partial charge in [-0.05, 0) is 42.9 Å². The van der Waals surface area contributed by atoms with Gasteiger partial charge in [-0.2, -0.15) is 0 Å². The largest absolute Gasteiger partial charge is 0.476 e. The van der Waals surface area contributed by atoms with Crippen LogP contribution in [0.5, 0.6) is 0 Å². The number of carbonyl (C=O) groups excluding carboxylic acids is 1. The SMILES string of the molecule is CCNc1sc(C2c3ccccc3N(C(=O)OCc3ccccc3)C3CCCC23)nc1C(=O)O. The molecule has 0 bridgehead atoms. The van der Waals surface area contributed by atoms with Gasteiger partial charge in [0.05, 0.1) is 5.69 Å². The topological polar surface area (TPSA) is 91.8 Å². The number of aromatic nitrogens is 1. The Morgan fingerprint density at radius 2 is 1.91 bits per heavy atom. The number of carboxylic acid groups (broad SMARTS) is 1. The molecule has 2 N–H and O–H groups in total. The molecule has 2 heterocycles. The van der Waals surface area contributed by atoms with E-state index in [4.69, 9.17) is 4.74 Å². The molecule has 1 saturated carbocycles. The zero-order valence-electron chi connectivity index (χ0n) is 18.9. The van der Waals surface area contributed by atoms with Crippen molar-refractivity contribution in [3.05, 3.63) is 76.4 Å². The van der Waals surface area contributed by atoms with Gasteiger partial charge in [0.25, 0.3) is 0 Å². The van der Waals surface area contributed by atoms with Crippen LogP contribution in [0.4, 0.5) is 15.5 Å². The lowest BCUT2D eigenvalue weighted by Gasteiger charge is -2.42. The van der Waals surface area contributed by atoms with Crippen molar-refractivity contribution in [3.63, 3.8) is 0 Å². The molecule has 1 aliphatic heterocycles. The molecule has 0 radical (unpaired) electrons. The maximum Gasteiger partial charge on any atom is 0.414 e. The van der Waals surface area contributed by atoms with Crippen molar-refractivity contribution in [1.29, 1.82) is 0 Å². The highest BCUT2D eigenvalue weighted by atomic mass is 32.1. The van der Waals surface area contributed by atoms with Crippen LogP contribution in [0, 0.1) is 5.92 Å². The number of rotatable bonds is 6. The molecule has 0 saturated heterocycles. The zero-order valence-corrected chi connectivity index (χ0v) is 19.8. The number of carboxylic acids is 1. The van der Waals surface area contributed by atoms with Crippen LogP contribution < -0.4 is 10.2 Å². The first kappa shape index (κ1) is 22.4. The number of nitrogens with one attached hydrogen (secondary N) is 1. The van der Waals surface area contributed by atoms with Crippen LogP contribution in [-0.2, 0) is 11.3 Å². The van der Waals surface area contributed by atoms with E-state index >= 15 is 0 Å². The molecular formula is C26H27N3O4S. The summed E-state index contributed by atoms with van der Waals surface area (Å²) in [5.74, 6) is -0.935. The van der Waals surface area contributed by atoms with Crippen molar-refractivity contribution >= 4 is 34.1 Å². The number of benzene rings is 2.